The van der Waals surface area contributed by atoms with Crippen molar-refractivity contribution in [2.24, 2.45) is 0 Å². The van der Waals surface area contributed by atoms with Gasteiger partial charge in [0.2, 0.25) is 0 Å². The lowest BCUT2D eigenvalue weighted by Crippen LogP contribution is -2.37. The highest BCUT2D eigenvalue weighted by Gasteiger charge is 2.08. The molecule has 0 aromatic heterocycles. The number of hydrogen-bond acceptors (Lipinski definition) is 3. The number of thiocarbonyl (C=S) groups is 1. The highest BCUT2D eigenvalue weighted by molar-refractivity contribution is 7.80. The first-order chi connectivity index (χ1) is 9.15. The molecule has 6 heteroatoms. The quantitative estimate of drug-likeness (QED) is 0.599. The Labute approximate surface area is 124 Å². The second-order valence-electron chi connectivity index (χ2n) is 3.69. The summed E-state index contributed by atoms with van der Waals surface area (Å²) in [4.78, 5) is 0. The standard InChI is InChI=1S/C13H19ClN2O2S/c1-3-17-12(18-4-2)9-15-13(19)16-11-7-5-6-10(14)8-11/h5-8,12H,3-4,9H2,1-2H3,(H2,15,16,19). The molecule has 106 valence electrons. The molecule has 0 aliphatic carbocycles. The van der Waals surface area contributed by atoms with Gasteiger partial charge in [0.15, 0.2) is 11.4 Å². The number of anilines is 1. The zero-order valence-corrected chi connectivity index (χ0v) is 12.7. The maximum atomic E-state index is 5.89. The molecule has 1 aromatic rings. The molecule has 2 N–H and O–H groups in total. The topological polar surface area (TPSA) is 42.5 Å². The van der Waals surface area contributed by atoms with Crippen LogP contribution in [0.25, 0.3) is 0 Å². The van der Waals surface area contributed by atoms with E-state index >= 15 is 0 Å². The lowest BCUT2D eigenvalue weighted by molar-refractivity contribution is -0.130. The van der Waals surface area contributed by atoms with Crippen molar-refractivity contribution in [2.45, 2.75) is 20.1 Å². The maximum Gasteiger partial charge on any atom is 0.174 e. The van der Waals surface area contributed by atoms with Crippen molar-refractivity contribution < 1.29 is 9.47 Å². The largest absolute Gasteiger partial charge is 0.357 e. The highest BCUT2D eigenvalue weighted by Crippen LogP contribution is 2.14. The van der Waals surface area contributed by atoms with Crippen molar-refractivity contribution in [3.05, 3.63) is 29.3 Å². The van der Waals surface area contributed by atoms with E-state index in [1.807, 2.05) is 32.0 Å². The molecule has 0 unspecified atom stereocenters. The number of benzene rings is 1. The van der Waals surface area contributed by atoms with Gasteiger partial charge in [0.25, 0.3) is 0 Å². The van der Waals surface area contributed by atoms with Crippen molar-refractivity contribution >= 4 is 34.6 Å². The third kappa shape index (κ3) is 6.73. The number of hydrogen-bond donors (Lipinski definition) is 2. The fraction of sp³-hybridized carbons (Fsp3) is 0.462. The molecule has 1 aromatic carbocycles. The van der Waals surface area contributed by atoms with Gasteiger partial charge in [-0.15, -0.1) is 0 Å². The molecular weight excluding hydrogens is 284 g/mol. The van der Waals surface area contributed by atoms with E-state index in [2.05, 4.69) is 10.6 Å². The second-order valence-corrected chi connectivity index (χ2v) is 4.53. The zero-order chi connectivity index (χ0) is 14.1. The molecule has 0 saturated carbocycles. The van der Waals surface area contributed by atoms with Crippen LogP contribution in [-0.2, 0) is 9.47 Å². The first-order valence-electron chi connectivity index (χ1n) is 6.19. The molecule has 0 fully saturated rings. The van der Waals surface area contributed by atoms with Gasteiger partial charge in [0, 0.05) is 23.9 Å². The summed E-state index contributed by atoms with van der Waals surface area (Å²) in [6.07, 6.45) is -0.297. The van der Waals surface area contributed by atoms with Crippen molar-refractivity contribution in [1.29, 1.82) is 0 Å². The van der Waals surface area contributed by atoms with Gasteiger partial charge in [-0.1, -0.05) is 17.7 Å². The molecular formula is C13H19ClN2O2S. The summed E-state index contributed by atoms with van der Waals surface area (Å²) in [5.74, 6) is 0. The van der Waals surface area contributed by atoms with Crippen molar-refractivity contribution in [1.82, 2.24) is 5.32 Å². The molecule has 0 aliphatic heterocycles. The summed E-state index contributed by atoms with van der Waals surface area (Å²) in [5.41, 5.74) is 0.842. The van der Waals surface area contributed by atoms with Gasteiger partial charge in [-0.05, 0) is 44.3 Å². The van der Waals surface area contributed by atoms with Crippen LogP contribution in [0.1, 0.15) is 13.8 Å². The van der Waals surface area contributed by atoms with Crippen LogP contribution in [0.3, 0.4) is 0 Å². The van der Waals surface area contributed by atoms with E-state index in [9.17, 15) is 0 Å². The van der Waals surface area contributed by atoms with Crippen LogP contribution in [-0.4, -0.2) is 31.2 Å². The average molecular weight is 303 g/mol. The van der Waals surface area contributed by atoms with Gasteiger partial charge in [-0.25, -0.2) is 0 Å². The smallest absolute Gasteiger partial charge is 0.174 e. The first kappa shape index (κ1) is 16.2. The predicted molar refractivity (Wildman–Crippen MR) is 82.7 cm³/mol. The Balaban J connectivity index is 2.38. The summed E-state index contributed by atoms with van der Waals surface area (Å²) < 4.78 is 10.8. The molecule has 0 radical (unpaired) electrons. The van der Waals surface area contributed by atoms with E-state index < -0.39 is 0 Å². The van der Waals surface area contributed by atoms with E-state index in [1.165, 1.54) is 0 Å². The van der Waals surface area contributed by atoms with Crippen LogP contribution < -0.4 is 10.6 Å². The Kier molecular flexibility index (Phi) is 7.74. The minimum absolute atomic E-state index is 0.297. The van der Waals surface area contributed by atoms with Crippen LogP contribution in [0, 0.1) is 0 Å². The predicted octanol–water partition coefficient (Wildman–Crippen LogP) is 3.03. The van der Waals surface area contributed by atoms with Crippen LogP contribution in [0.15, 0.2) is 24.3 Å². The molecule has 19 heavy (non-hydrogen) atoms. The summed E-state index contributed by atoms with van der Waals surface area (Å²) in [7, 11) is 0. The Hall–Kier alpha value is -0.880. The molecule has 0 bridgehead atoms. The average Bonchev–Trinajstić information content (AvgIpc) is 2.36. The third-order valence-corrected chi connectivity index (χ3v) is 2.70. The Bertz CT molecular complexity index is 398. The monoisotopic (exact) mass is 302 g/mol. The minimum Gasteiger partial charge on any atom is -0.357 e. The van der Waals surface area contributed by atoms with Gasteiger partial charge in [0.05, 0.1) is 6.54 Å². The van der Waals surface area contributed by atoms with Crippen LogP contribution in [0.5, 0.6) is 0 Å². The normalized spacial score (nSPS) is 10.5. The zero-order valence-electron chi connectivity index (χ0n) is 11.1. The van der Waals surface area contributed by atoms with Crippen LogP contribution in [0.4, 0.5) is 5.69 Å². The lowest BCUT2D eigenvalue weighted by atomic mass is 10.3. The fourth-order valence-electron chi connectivity index (χ4n) is 1.46. The van der Waals surface area contributed by atoms with E-state index in [1.54, 1.807) is 6.07 Å². The summed E-state index contributed by atoms with van der Waals surface area (Å²) >= 11 is 11.1. The van der Waals surface area contributed by atoms with E-state index in [0.29, 0.717) is 29.9 Å². The first-order valence-corrected chi connectivity index (χ1v) is 6.98. The SMILES string of the molecule is CCOC(CNC(=S)Nc1cccc(Cl)c1)OCC. The molecule has 0 spiro atoms. The van der Waals surface area contributed by atoms with E-state index in [4.69, 9.17) is 33.3 Å². The van der Waals surface area contributed by atoms with Gasteiger partial charge in [-0.3, -0.25) is 0 Å². The lowest BCUT2D eigenvalue weighted by Gasteiger charge is -2.18. The van der Waals surface area contributed by atoms with Gasteiger partial charge < -0.3 is 20.1 Å². The third-order valence-electron chi connectivity index (χ3n) is 2.22. The van der Waals surface area contributed by atoms with Crippen molar-refractivity contribution in [3.63, 3.8) is 0 Å². The molecule has 1 rings (SSSR count). The Morgan fingerprint density at radius 3 is 2.58 bits per heavy atom. The molecule has 4 nitrogen and oxygen atoms in total. The number of rotatable bonds is 7. The van der Waals surface area contributed by atoms with Crippen LogP contribution >= 0.6 is 23.8 Å². The van der Waals surface area contributed by atoms with Gasteiger partial charge >= 0.3 is 0 Å². The summed E-state index contributed by atoms with van der Waals surface area (Å²) in [5, 5.41) is 7.26. The minimum atomic E-state index is -0.297. The number of nitrogens with one attached hydrogen (secondary N) is 2. The summed E-state index contributed by atoms with van der Waals surface area (Å²) in [6, 6.07) is 7.36. The summed E-state index contributed by atoms with van der Waals surface area (Å²) in [6.45, 7) is 5.54. The molecule has 0 amide bonds. The van der Waals surface area contributed by atoms with E-state index in [0.717, 1.165) is 5.69 Å². The van der Waals surface area contributed by atoms with E-state index in [-0.39, 0.29) is 6.29 Å². The Morgan fingerprint density at radius 1 is 1.32 bits per heavy atom. The second kappa shape index (κ2) is 9.09. The van der Waals surface area contributed by atoms with Crippen LogP contribution in [0.2, 0.25) is 5.02 Å². The number of ether oxygens (including phenoxy) is 2. The molecule has 0 heterocycles. The van der Waals surface area contributed by atoms with Crippen molar-refractivity contribution in [2.75, 3.05) is 25.1 Å². The highest BCUT2D eigenvalue weighted by atomic mass is 35.5. The Morgan fingerprint density at radius 2 is 2.00 bits per heavy atom. The van der Waals surface area contributed by atoms with Crippen molar-refractivity contribution in [3.8, 4) is 0 Å². The van der Waals surface area contributed by atoms with Gasteiger partial charge in [-0.2, -0.15) is 0 Å². The molecule has 0 saturated heterocycles. The molecule has 0 atom stereocenters. The van der Waals surface area contributed by atoms with Gasteiger partial charge in [0.1, 0.15) is 0 Å². The molecule has 0 aliphatic rings. The fourth-order valence-corrected chi connectivity index (χ4v) is 1.85. The number of halogens is 1. The maximum absolute atomic E-state index is 5.89.